The quantitative estimate of drug-likeness (QED) is 0.573. The van der Waals surface area contributed by atoms with Gasteiger partial charge in [-0.3, -0.25) is 14.9 Å². The van der Waals surface area contributed by atoms with Crippen LogP contribution in [0.5, 0.6) is 0 Å². The number of carbonyl (C=O) groups excluding carboxylic acids is 1. The molecule has 1 amide bonds. The van der Waals surface area contributed by atoms with Gasteiger partial charge in [0.1, 0.15) is 0 Å². The summed E-state index contributed by atoms with van der Waals surface area (Å²) in [5, 5.41) is 13.9. The fourth-order valence-corrected chi connectivity index (χ4v) is 2.58. The number of benzene rings is 1. The number of non-ortho nitro benzene ring substituents is 1. The van der Waals surface area contributed by atoms with Gasteiger partial charge < -0.3 is 19.5 Å². The van der Waals surface area contributed by atoms with Crippen molar-refractivity contribution in [3.63, 3.8) is 0 Å². The first-order valence-electron chi connectivity index (χ1n) is 7.88. The zero-order chi connectivity index (χ0) is 18.6. The van der Waals surface area contributed by atoms with Gasteiger partial charge in [-0.05, 0) is 18.2 Å². The molecule has 8 heteroatoms. The summed E-state index contributed by atoms with van der Waals surface area (Å²) >= 11 is 0. The van der Waals surface area contributed by atoms with Gasteiger partial charge in [0.2, 0.25) is 0 Å². The summed E-state index contributed by atoms with van der Waals surface area (Å²) in [4.78, 5) is 26.0. The number of carbonyl (C=O) groups is 1. The van der Waals surface area contributed by atoms with E-state index in [-0.39, 0.29) is 23.2 Å². The number of nitrogens with zero attached hydrogens (tertiary/aromatic N) is 2. The van der Waals surface area contributed by atoms with Gasteiger partial charge in [-0.2, -0.15) is 0 Å². The molecule has 2 N–H and O–H groups in total. The van der Waals surface area contributed by atoms with Crippen LogP contribution < -0.4 is 15.1 Å². The fraction of sp³-hybridized carbons (Fsp3) is 0.353. The monoisotopic (exact) mass is 347 g/mol. The van der Waals surface area contributed by atoms with Crippen molar-refractivity contribution in [3.8, 4) is 0 Å². The van der Waals surface area contributed by atoms with Crippen molar-refractivity contribution < 1.29 is 19.0 Å². The molecule has 8 nitrogen and oxygen atoms in total. The van der Waals surface area contributed by atoms with Gasteiger partial charge in [0.15, 0.2) is 11.8 Å². The number of quaternary nitrogens is 1. The number of amides is 1. The van der Waals surface area contributed by atoms with E-state index >= 15 is 0 Å². The average molecular weight is 347 g/mol. The lowest BCUT2D eigenvalue weighted by molar-refractivity contribution is -0.891. The Balaban J connectivity index is 2.22. The van der Waals surface area contributed by atoms with Crippen molar-refractivity contribution in [3.05, 3.63) is 58.0 Å². The highest BCUT2D eigenvalue weighted by atomic mass is 16.6. The van der Waals surface area contributed by atoms with Crippen molar-refractivity contribution in [2.24, 2.45) is 0 Å². The number of likely N-dealkylation sites (N-methyl/N-ethyl adjacent to an activating group) is 1. The Morgan fingerprint density at radius 2 is 2.08 bits per heavy atom. The SMILES string of the molecule is CN(C)c1ccc([N+](=O)[O-])cc1C(=O)NC[C@H](c1ccco1)[NH+](C)C. The first-order chi connectivity index (χ1) is 11.8. The van der Waals surface area contributed by atoms with E-state index in [4.69, 9.17) is 4.42 Å². The van der Waals surface area contributed by atoms with Crippen LogP contribution in [0.3, 0.4) is 0 Å². The maximum Gasteiger partial charge on any atom is 0.270 e. The average Bonchev–Trinajstić information content (AvgIpc) is 3.07. The van der Waals surface area contributed by atoms with E-state index in [0.717, 1.165) is 10.7 Å². The van der Waals surface area contributed by atoms with Crippen LogP contribution in [0, 0.1) is 10.1 Å². The number of hydrogen-bond acceptors (Lipinski definition) is 5. The van der Waals surface area contributed by atoms with E-state index in [9.17, 15) is 14.9 Å². The van der Waals surface area contributed by atoms with Crippen LogP contribution in [0.4, 0.5) is 11.4 Å². The lowest BCUT2D eigenvalue weighted by atomic mass is 10.1. The Kier molecular flexibility index (Phi) is 5.76. The highest BCUT2D eigenvalue weighted by Crippen LogP contribution is 2.24. The van der Waals surface area contributed by atoms with Gasteiger partial charge >= 0.3 is 0 Å². The van der Waals surface area contributed by atoms with Crippen LogP contribution in [0.25, 0.3) is 0 Å². The molecule has 1 atom stereocenters. The summed E-state index contributed by atoms with van der Waals surface area (Å²) in [5.41, 5.74) is 0.776. The third kappa shape index (κ3) is 4.36. The summed E-state index contributed by atoms with van der Waals surface area (Å²) in [7, 11) is 7.51. The Hall–Kier alpha value is -2.87. The van der Waals surface area contributed by atoms with E-state index in [1.54, 1.807) is 37.4 Å². The molecule has 25 heavy (non-hydrogen) atoms. The molecule has 1 heterocycles. The molecule has 0 saturated heterocycles. The minimum absolute atomic E-state index is 0.0551. The molecule has 0 saturated carbocycles. The van der Waals surface area contributed by atoms with Gasteiger partial charge in [0, 0.05) is 31.9 Å². The van der Waals surface area contributed by atoms with Crippen LogP contribution in [0.2, 0.25) is 0 Å². The van der Waals surface area contributed by atoms with Gasteiger partial charge in [0.05, 0.1) is 37.4 Å². The smallest absolute Gasteiger partial charge is 0.270 e. The van der Waals surface area contributed by atoms with Gasteiger partial charge in [-0.15, -0.1) is 0 Å². The predicted octanol–water partition coefficient (Wildman–Crippen LogP) is 0.869. The van der Waals surface area contributed by atoms with Crippen LogP contribution in [0.15, 0.2) is 41.0 Å². The van der Waals surface area contributed by atoms with Gasteiger partial charge in [0.25, 0.3) is 11.6 Å². The molecule has 0 aliphatic rings. The van der Waals surface area contributed by atoms with Crippen molar-refractivity contribution in [2.45, 2.75) is 6.04 Å². The summed E-state index contributed by atoms with van der Waals surface area (Å²) in [6.45, 7) is 0.351. The van der Waals surface area contributed by atoms with Crippen LogP contribution in [0.1, 0.15) is 22.2 Å². The molecule has 1 aromatic carbocycles. The molecule has 2 rings (SSSR count). The number of anilines is 1. The van der Waals surface area contributed by atoms with E-state index in [2.05, 4.69) is 5.32 Å². The third-order valence-corrected chi connectivity index (χ3v) is 3.97. The molecule has 0 unspecified atom stereocenters. The van der Waals surface area contributed by atoms with Crippen molar-refractivity contribution in [1.82, 2.24) is 5.32 Å². The fourth-order valence-electron chi connectivity index (χ4n) is 2.58. The normalized spacial score (nSPS) is 12.0. The summed E-state index contributed by atoms with van der Waals surface area (Å²) < 4.78 is 5.44. The summed E-state index contributed by atoms with van der Waals surface area (Å²) in [6.07, 6.45) is 1.60. The predicted molar refractivity (Wildman–Crippen MR) is 94.0 cm³/mol. The Bertz CT molecular complexity index is 741. The second-order valence-corrected chi connectivity index (χ2v) is 6.21. The second kappa shape index (κ2) is 7.80. The second-order valence-electron chi connectivity index (χ2n) is 6.21. The maximum absolute atomic E-state index is 12.6. The first kappa shape index (κ1) is 18.5. The molecular weight excluding hydrogens is 324 g/mol. The minimum atomic E-state index is -0.508. The zero-order valence-electron chi connectivity index (χ0n) is 14.8. The molecular formula is C17H23N4O4+. The van der Waals surface area contributed by atoms with Crippen LogP contribution in [-0.4, -0.2) is 45.6 Å². The lowest BCUT2D eigenvalue weighted by Crippen LogP contribution is -3.07. The number of nitro benzene ring substituents is 1. The highest BCUT2D eigenvalue weighted by molar-refractivity contribution is 6.00. The summed E-state index contributed by atoms with van der Waals surface area (Å²) in [6, 6.07) is 7.88. The standard InChI is InChI=1S/C17H22N4O4/c1-19(2)14-8-7-12(21(23)24)10-13(14)17(22)18-11-15(20(3)4)16-6-5-9-25-16/h5-10,15H,11H2,1-4H3,(H,18,22)/p+1/t15-/m1/s1. The summed E-state index contributed by atoms with van der Waals surface area (Å²) in [5.74, 6) is 0.414. The van der Waals surface area contributed by atoms with Gasteiger partial charge in [-0.25, -0.2) is 0 Å². The molecule has 0 fully saturated rings. The molecule has 1 aromatic heterocycles. The van der Waals surface area contributed by atoms with E-state index in [1.807, 2.05) is 20.2 Å². The molecule has 0 spiro atoms. The zero-order valence-corrected chi connectivity index (χ0v) is 14.8. The van der Waals surface area contributed by atoms with Crippen molar-refractivity contribution in [1.29, 1.82) is 0 Å². The van der Waals surface area contributed by atoms with Crippen LogP contribution >= 0.6 is 0 Å². The number of furan rings is 1. The maximum atomic E-state index is 12.6. The molecule has 0 bridgehead atoms. The minimum Gasteiger partial charge on any atom is -0.463 e. The molecule has 0 aliphatic carbocycles. The molecule has 2 aromatic rings. The molecule has 134 valence electrons. The van der Waals surface area contributed by atoms with E-state index in [0.29, 0.717) is 12.2 Å². The number of hydrogen-bond donors (Lipinski definition) is 2. The Labute approximate surface area is 146 Å². The Morgan fingerprint density at radius 1 is 1.36 bits per heavy atom. The molecule has 0 aliphatic heterocycles. The largest absolute Gasteiger partial charge is 0.463 e. The first-order valence-corrected chi connectivity index (χ1v) is 7.88. The highest BCUT2D eigenvalue weighted by Gasteiger charge is 2.23. The van der Waals surface area contributed by atoms with E-state index < -0.39 is 4.92 Å². The third-order valence-electron chi connectivity index (χ3n) is 3.97. The molecule has 0 radical (unpaired) electrons. The van der Waals surface area contributed by atoms with Crippen molar-refractivity contribution in [2.75, 3.05) is 39.6 Å². The van der Waals surface area contributed by atoms with Gasteiger partial charge in [-0.1, -0.05) is 0 Å². The lowest BCUT2D eigenvalue weighted by Gasteiger charge is -2.21. The number of nitro groups is 1. The van der Waals surface area contributed by atoms with Crippen LogP contribution in [-0.2, 0) is 0 Å². The number of nitrogens with one attached hydrogen (secondary N) is 2. The Morgan fingerprint density at radius 3 is 2.60 bits per heavy atom. The van der Waals surface area contributed by atoms with Crippen molar-refractivity contribution >= 4 is 17.3 Å². The topological polar surface area (TPSA) is 93.1 Å². The van der Waals surface area contributed by atoms with E-state index in [1.165, 1.54) is 12.1 Å². The number of rotatable bonds is 7.